The Bertz CT molecular complexity index is 2600. The summed E-state index contributed by atoms with van der Waals surface area (Å²) in [7, 11) is 0. The summed E-state index contributed by atoms with van der Waals surface area (Å²) in [4.78, 5) is 60.2. The summed E-state index contributed by atoms with van der Waals surface area (Å²) in [6, 6.07) is 17.7. The van der Waals surface area contributed by atoms with E-state index in [0.29, 0.717) is 58.8 Å². The summed E-state index contributed by atoms with van der Waals surface area (Å²) in [5.41, 5.74) is 6.24. The summed E-state index contributed by atoms with van der Waals surface area (Å²) >= 11 is 0. The number of nitrogens with zero attached hydrogens (tertiary/aromatic N) is 7. The third-order valence-electron chi connectivity index (χ3n) is 12.2. The van der Waals surface area contributed by atoms with E-state index in [1.165, 1.54) is 11.9 Å². The summed E-state index contributed by atoms with van der Waals surface area (Å²) < 4.78 is 21.6. The lowest BCUT2D eigenvalue weighted by Gasteiger charge is -2.47. The number of hydrogen-bond donors (Lipinski definition) is 3. The third-order valence-corrected chi connectivity index (χ3v) is 12.2. The van der Waals surface area contributed by atoms with Gasteiger partial charge < -0.3 is 19.7 Å². The Labute approximate surface area is 340 Å². The van der Waals surface area contributed by atoms with Crippen molar-refractivity contribution in [1.82, 2.24) is 40.6 Å². The molecule has 59 heavy (non-hydrogen) atoms. The highest BCUT2D eigenvalue weighted by Gasteiger charge is 2.36. The first-order valence-corrected chi connectivity index (χ1v) is 20.2. The zero-order valence-electron chi connectivity index (χ0n) is 33.8. The van der Waals surface area contributed by atoms with Gasteiger partial charge in [-0.05, 0) is 79.6 Å². The maximum atomic E-state index is 16.3. The predicted octanol–water partition coefficient (Wildman–Crippen LogP) is 6.91. The van der Waals surface area contributed by atoms with E-state index in [2.05, 4.69) is 75.9 Å². The minimum Gasteiger partial charge on any atom is -0.369 e. The number of aromatic amines is 1. The van der Waals surface area contributed by atoms with Gasteiger partial charge in [-0.3, -0.25) is 24.7 Å². The number of imide groups is 1. The minimum absolute atomic E-state index is 0.0684. The maximum Gasteiger partial charge on any atom is 0.328 e. The summed E-state index contributed by atoms with van der Waals surface area (Å²) in [6.45, 7) is 13.4. The zero-order chi connectivity index (χ0) is 41.2. The monoisotopic (exact) mass is 798 g/mol. The van der Waals surface area contributed by atoms with Crippen molar-refractivity contribution < 1.29 is 23.3 Å². The second-order valence-electron chi connectivity index (χ2n) is 17.0. The molecule has 0 spiro atoms. The van der Waals surface area contributed by atoms with Gasteiger partial charge in [0.25, 0.3) is 11.7 Å². The first-order chi connectivity index (χ1) is 28.3. The Morgan fingerprint density at radius 2 is 1.71 bits per heavy atom. The molecule has 2 aliphatic heterocycles. The van der Waals surface area contributed by atoms with E-state index >= 15 is 4.39 Å². The highest BCUT2D eigenvalue weighted by atomic mass is 19.1. The molecule has 9 rings (SSSR count). The van der Waals surface area contributed by atoms with Gasteiger partial charge in [-0.1, -0.05) is 50.2 Å². The molecular weight excluding hydrogens is 752 g/mol. The van der Waals surface area contributed by atoms with Gasteiger partial charge in [-0.2, -0.15) is 4.98 Å². The van der Waals surface area contributed by atoms with Crippen LogP contribution in [0.15, 0.2) is 65.4 Å². The first-order valence-electron chi connectivity index (χ1n) is 20.2. The lowest BCUT2D eigenvalue weighted by molar-refractivity contribution is -0.120. The number of fused-ring (bicyclic) bond motifs is 3. The molecule has 6 aromatic rings. The van der Waals surface area contributed by atoms with E-state index < -0.39 is 23.2 Å². The largest absolute Gasteiger partial charge is 0.369 e. The number of aromatic nitrogens is 5. The number of benzene rings is 3. The molecule has 3 aromatic heterocycles. The molecule has 14 nitrogen and oxygen atoms in total. The molecule has 5 heterocycles. The van der Waals surface area contributed by atoms with Crippen LogP contribution in [0.2, 0.25) is 0 Å². The second-order valence-corrected chi connectivity index (χ2v) is 17.0. The van der Waals surface area contributed by atoms with Gasteiger partial charge in [-0.15, -0.1) is 0 Å². The molecule has 4 amide bonds. The number of nitrogens with one attached hydrogen (secondary N) is 3. The van der Waals surface area contributed by atoms with Crippen molar-refractivity contribution in [3.8, 4) is 11.3 Å². The van der Waals surface area contributed by atoms with Gasteiger partial charge >= 0.3 is 6.03 Å². The standard InChI is InChI=1S/C44H47FN10O4/c1-24-31(25(2)48-41(57)40-51-42(59-52-40)44(3,4)5)12-13-33(37(24)45)38-36-32-11-10-29(22-34(32)49-39(36)47-23-46-38)53-16-18-54(19-17-53)30-20-27(21-30)26-6-8-28(9-7-26)55-15-14-35(56)50-43(55)58/h6-13,22-23,25,27,30H,14-21H2,1-5H3,(H,48,57)(H,46,47,49)(H,50,56,58)/t25-,27?,30?/m1/s1. The second kappa shape index (κ2) is 14.9. The normalized spacial score (nSPS) is 19.6. The molecule has 1 atom stereocenters. The van der Waals surface area contributed by atoms with Crippen molar-refractivity contribution in [1.29, 1.82) is 0 Å². The molecule has 1 saturated carbocycles. The summed E-state index contributed by atoms with van der Waals surface area (Å²) in [6.07, 6.45) is 3.99. The van der Waals surface area contributed by atoms with E-state index in [1.807, 2.05) is 39.0 Å². The molecule has 2 saturated heterocycles. The van der Waals surface area contributed by atoms with Crippen LogP contribution in [0.4, 0.5) is 20.6 Å². The van der Waals surface area contributed by atoms with E-state index in [0.717, 1.165) is 66.7 Å². The van der Waals surface area contributed by atoms with Crippen LogP contribution in [-0.2, 0) is 10.2 Å². The average Bonchev–Trinajstić information content (AvgIpc) is 3.85. The fourth-order valence-corrected chi connectivity index (χ4v) is 8.67. The number of urea groups is 1. The molecule has 0 radical (unpaired) electrons. The molecule has 3 aromatic carbocycles. The highest BCUT2D eigenvalue weighted by molar-refractivity contribution is 6.12. The molecular formula is C44H47FN10O4. The Kier molecular flexibility index (Phi) is 9.65. The van der Waals surface area contributed by atoms with Crippen LogP contribution in [0.3, 0.4) is 0 Å². The fraction of sp³-hybridized carbons (Fsp3) is 0.386. The van der Waals surface area contributed by atoms with Crippen LogP contribution in [0.25, 0.3) is 33.2 Å². The predicted molar refractivity (Wildman–Crippen MR) is 222 cm³/mol. The van der Waals surface area contributed by atoms with E-state index in [1.54, 1.807) is 24.8 Å². The fourth-order valence-electron chi connectivity index (χ4n) is 8.67. The van der Waals surface area contributed by atoms with Crippen LogP contribution in [0.1, 0.15) is 92.1 Å². The number of rotatable bonds is 8. The van der Waals surface area contributed by atoms with Gasteiger partial charge in [0.05, 0.1) is 17.1 Å². The quantitative estimate of drug-likeness (QED) is 0.147. The maximum absolute atomic E-state index is 16.3. The van der Waals surface area contributed by atoms with Crippen molar-refractivity contribution in [2.45, 2.75) is 77.3 Å². The van der Waals surface area contributed by atoms with Crippen LogP contribution < -0.4 is 20.4 Å². The van der Waals surface area contributed by atoms with Crippen LogP contribution in [-0.4, -0.2) is 86.6 Å². The molecule has 304 valence electrons. The highest BCUT2D eigenvalue weighted by Crippen LogP contribution is 2.41. The van der Waals surface area contributed by atoms with Gasteiger partial charge in [-0.25, -0.2) is 19.2 Å². The van der Waals surface area contributed by atoms with Crippen molar-refractivity contribution >= 4 is 51.2 Å². The third kappa shape index (κ3) is 7.17. The van der Waals surface area contributed by atoms with Gasteiger partial charge in [0.15, 0.2) is 0 Å². The lowest BCUT2D eigenvalue weighted by atomic mass is 9.75. The van der Waals surface area contributed by atoms with Crippen LogP contribution in [0.5, 0.6) is 0 Å². The van der Waals surface area contributed by atoms with E-state index in [-0.39, 0.29) is 17.8 Å². The van der Waals surface area contributed by atoms with Crippen molar-refractivity contribution in [2.75, 3.05) is 42.5 Å². The summed E-state index contributed by atoms with van der Waals surface area (Å²) in [5.74, 6) is -0.356. The molecule has 3 N–H and O–H groups in total. The molecule has 3 aliphatic rings. The van der Waals surface area contributed by atoms with Gasteiger partial charge in [0.2, 0.25) is 11.8 Å². The van der Waals surface area contributed by atoms with Crippen LogP contribution in [0, 0.1) is 12.7 Å². The Morgan fingerprint density at radius 3 is 2.42 bits per heavy atom. The minimum atomic E-state index is -0.524. The number of halogens is 1. The Balaban J connectivity index is 0.846. The first kappa shape index (κ1) is 38.3. The topological polar surface area (TPSA) is 165 Å². The van der Waals surface area contributed by atoms with E-state index in [9.17, 15) is 14.4 Å². The number of carbonyl (C=O) groups excluding carboxylic acids is 3. The van der Waals surface area contributed by atoms with Gasteiger partial charge in [0, 0.05) is 78.4 Å². The van der Waals surface area contributed by atoms with E-state index in [4.69, 9.17) is 4.52 Å². The zero-order valence-corrected chi connectivity index (χ0v) is 33.8. The smallest absolute Gasteiger partial charge is 0.328 e. The molecule has 0 bridgehead atoms. The SMILES string of the molecule is Cc1c([C@@H](C)NC(=O)c2noc(C(C)(C)C)n2)ccc(-c2ncnc3[nH]c4cc(N5CCN(C6CC(c7ccc(N8CCC(=O)NC8=O)cc7)C6)CC5)ccc4c23)c1F. The number of H-pyrrole nitrogens is 1. The Hall–Kier alpha value is -6.22. The molecule has 1 aliphatic carbocycles. The van der Waals surface area contributed by atoms with Crippen LogP contribution >= 0.6 is 0 Å². The molecule has 3 fully saturated rings. The number of piperazine rings is 1. The van der Waals surface area contributed by atoms with Crippen molar-refractivity contribution in [3.05, 3.63) is 95.1 Å². The average molecular weight is 799 g/mol. The number of hydrogen-bond acceptors (Lipinski definition) is 10. The number of anilines is 2. The summed E-state index contributed by atoms with van der Waals surface area (Å²) in [5, 5.41) is 10.8. The van der Waals surface area contributed by atoms with Crippen molar-refractivity contribution in [3.63, 3.8) is 0 Å². The number of amides is 4. The van der Waals surface area contributed by atoms with Crippen molar-refractivity contribution in [2.24, 2.45) is 0 Å². The Morgan fingerprint density at radius 1 is 0.966 bits per heavy atom. The van der Waals surface area contributed by atoms with Gasteiger partial charge in [0.1, 0.15) is 17.8 Å². The number of carbonyl (C=O) groups is 3. The lowest BCUT2D eigenvalue weighted by Crippen LogP contribution is -2.53. The molecule has 0 unspecified atom stereocenters. The molecule has 15 heteroatoms.